The van der Waals surface area contributed by atoms with Gasteiger partial charge in [0.15, 0.2) is 0 Å². The number of aliphatic carboxylic acids is 1. The van der Waals surface area contributed by atoms with Gasteiger partial charge in [-0.25, -0.2) is 0 Å². The van der Waals surface area contributed by atoms with E-state index in [4.69, 9.17) is 0 Å². The van der Waals surface area contributed by atoms with Crippen molar-refractivity contribution in [3.05, 3.63) is 29.8 Å². The predicted molar refractivity (Wildman–Crippen MR) is 73.1 cm³/mol. The van der Waals surface area contributed by atoms with Gasteiger partial charge in [0.25, 0.3) is 0 Å². The van der Waals surface area contributed by atoms with E-state index in [1.165, 1.54) is 0 Å². The summed E-state index contributed by atoms with van der Waals surface area (Å²) in [7, 11) is 0. The highest BCUT2D eigenvalue weighted by atomic mass is 16.4. The minimum Gasteiger partial charge on any atom is -0.481 e. The summed E-state index contributed by atoms with van der Waals surface area (Å²) in [5.41, 5.74) is 0.877. The lowest BCUT2D eigenvalue weighted by molar-refractivity contribution is -0.140. The molecule has 0 heterocycles. The zero-order valence-corrected chi connectivity index (χ0v) is 11.1. The number of amides is 1. The molecule has 0 spiro atoms. The van der Waals surface area contributed by atoms with Gasteiger partial charge in [0.05, 0.1) is 5.41 Å². The Morgan fingerprint density at radius 2 is 1.89 bits per heavy atom. The average Bonchev–Trinajstić information content (AvgIpc) is 3.19. The molecule has 0 radical (unpaired) electrons. The quantitative estimate of drug-likeness (QED) is 0.827. The van der Waals surface area contributed by atoms with Gasteiger partial charge in [-0.1, -0.05) is 25.5 Å². The Kier molecular flexibility index (Phi) is 3.88. The lowest BCUT2D eigenvalue weighted by atomic mass is 9.96. The normalized spacial score (nSPS) is 15.8. The molecule has 2 rings (SSSR count). The summed E-state index contributed by atoms with van der Waals surface area (Å²) in [6, 6.07) is 7.16. The molecular formula is C15H19NO3. The number of carbonyl (C=O) groups excluding carboxylic acids is 1. The van der Waals surface area contributed by atoms with Gasteiger partial charge in [0.1, 0.15) is 0 Å². The van der Waals surface area contributed by atoms with Crippen LogP contribution >= 0.6 is 0 Å². The molecule has 1 aromatic carbocycles. The first-order valence-corrected chi connectivity index (χ1v) is 6.72. The second kappa shape index (κ2) is 5.43. The van der Waals surface area contributed by atoms with E-state index in [9.17, 15) is 14.7 Å². The van der Waals surface area contributed by atoms with Gasteiger partial charge in [-0.05, 0) is 37.0 Å². The van der Waals surface area contributed by atoms with E-state index in [2.05, 4.69) is 5.32 Å². The SMILES string of the molecule is CCCCC(=O)Nc1ccc(C2(C(=O)O)CC2)cc1. The van der Waals surface area contributed by atoms with Crippen LogP contribution in [0.15, 0.2) is 24.3 Å². The van der Waals surface area contributed by atoms with E-state index >= 15 is 0 Å². The summed E-state index contributed by atoms with van der Waals surface area (Å²) >= 11 is 0. The van der Waals surface area contributed by atoms with E-state index < -0.39 is 11.4 Å². The van der Waals surface area contributed by atoms with Gasteiger partial charge in [0.2, 0.25) is 5.91 Å². The highest BCUT2D eigenvalue weighted by Crippen LogP contribution is 2.48. The van der Waals surface area contributed by atoms with Crippen molar-refractivity contribution in [3.8, 4) is 0 Å². The van der Waals surface area contributed by atoms with Crippen molar-refractivity contribution in [2.75, 3.05) is 5.32 Å². The van der Waals surface area contributed by atoms with Crippen LogP contribution < -0.4 is 5.32 Å². The fourth-order valence-corrected chi connectivity index (χ4v) is 2.18. The first kappa shape index (κ1) is 13.6. The minimum atomic E-state index is -0.757. The first-order chi connectivity index (χ1) is 9.08. The summed E-state index contributed by atoms with van der Waals surface area (Å²) in [5.74, 6) is -0.749. The number of rotatable bonds is 6. The van der Waals surface area contributed by atoms with Crippen molar-refractivity contribution in [1.29, 1.82) is 0 Å². The number of carbonyl (C=O) groups is 2. The van der Waals surface area contributed by atoms with Gasteiger partial charge >= 0.3 is 5.97 Å². The molecule has 4 nitrogen and oxygen atoms in total. The van der Waals surface area contributed by atoms with Crippen molar-refractivity contribution in [1.82, 2.24) is 0 Å². The Morgan fingerprint density at radius 3 is 2.37 bits per heavy atom. The number of nitrogens with one attached hydrogen (secondary N) is 1. The van der Waals surface area contributed by atoms with Gasteiger partial charge in [-0.15, -0.1) is 0 Å². The summed E-state index contributed by atoms with van der Waals surface area (Å²) < 4.78 is 0. The molecule has 0 unspecified atom stereocenters. The fraction of sp³-hybridized carbons (Fsp3) is 0.467. The van der Waals surface area contributed by atoms with Crippen LogP contribution in [0.4, 0.5) is 5.69 Å². The molecule has 0 saturated heterocycles. The lowest BCUT2D eigenvalue weighted by Crippen LogP contribution is -2.19. The number of benzene rings is 1. The van der Waals surface area contributed by atoms with Crippen LogP contribution in [-0.4, -0.2) is 17.0 Å². The van der Waals surface area contributed by atoms with Crippen LogP contribution in [0.25, 0.3) is 0 Å². The van der Waals surface area contributed by atoms with Crippen LogP contribution in [-0.2, 0) is 15.0 Å². The van der Waals surface area contributed by atoms with Crippen molar-refractivity contribution in [2.45, 2.75) is 44.4 Å². The van der Waals surface area contributed by atoms with Crippen LogP contribution in [0, 0.1) is 0 Å². The smallest absolute Gasteiger partial charge is 0.314 e. The third kappa shape index (κ3) is 2.95. The Morgan fingerprint density at radius 1 is 1.26 bits per heavy atom. The fourth-order valence-electron chi connectivity index (χ4n) is 2.18. The summed E-state index contributed by atoms with van der Waals surface area (Å²) in [4.78, 5) is 22.8. The predicted octanol–water partition coefficient (Wildman–Crippen LogP) is 2.93. The highest BCUT2D eigenvalue weighted by Gasteiger charge is 2.51. The topological polar surface area (TPSA) is 66.4 Å². The van der Waals surface area contributed by atoms with Crippen LogP contribution in [0.2, 0.25) is 0 Å². The molecular weight excluding hydrogens is 242 g/mol. The summed E-state index contributed by atoms with van der Waals surface area (Å²) in [5, 5.41) is 12.0. The molecule has 102 valence electrons. The molecule has 0 aliphatic heterocycles. The van der Waals surface area contributed by atoms with Crippen molar-refractivity contribution in [2.24, 2.45) is 0 Å². The maximum atomic E-state index is 11.6. The molecule has 1 amide bonds. The van der Waals surface area contributed by atoms with Crippen molar-refractivity contribution >= 4 is 17.6 Å². The third-order valence-electron chi connectivity index (χ3n) is 3.64. The molecule has 1 aromatic rings. The van der Waals surface area contributed by atoms with Gasteiger partial charge in [-0.3, -0.25) is 9.59 Å². The lowest BCUT2D eigenvalue weighted by Gasteiger charge is -2.11. The zero-order valence-electron chi connectivity index (χ0n) is 11.1. The van der Waals surface area contributed by atoms with Crippen molar-refractivity contribution < 1.29 is 14.7 Å². The number of carboxylic acid groups (broad SMARTS) is 1. The van der Waals surface area contributed by atoms with E-state index in [0.717, 1.165) is 24.1 Å². The average molecular weight is 261 g/mol. The molecule has 0 aromatic heterocycles. The molecule has 19 heavy (non-hydrogen) atoms. The minimum absolute atomic E-state index is 0.00831. The van der Waals surface area contributed by atoms with Crippen LogP contribution in [0.1, 0.15) is 44.6 Å². The molecule has 2 N–H and O–H groups in total. The zero-order chi connectivity index (χ0) is 13.9. The van der Waals surface area contributed by atoms with Gasteiger partial charge in [-0.2, -0.15) is 0 Å². The van der Waals surface area contributed by atoms with E-state index in [1.807, 2.05) is 6.92 Å². The standard InChI is InChI=1S/C15H19NO3/c1-2-3-4-13(17)16-12-7-5-11(6-8-12)15(9-10-15)14(18)19/h5-8H,2-4,9-10H2,1H3,(H,16,17)(H,18,19). The largest absolute Gasteiger partial charge is 0.481 e. The molecule has 1 aliphatic rings. The second-order valence-corrected chi connectivity index (χ2v) is 5.12. The molecule has 4 heteroatoms. The Hall–Kier alpha value is -1.84. The van der Waals surface area contributed by atoms with Crippen LogP contribution in [0.5, 0.6) is 0 Å². The second-order valence-electron chi connectivity index (χ2n) is 5.12. The maximum Gasteiger partial charge on any atom is 0.314 e. The molecule has 1 fully saturated rings. The third-order valence-corrected chi connectivity index (χ3v) is 3.64. The van der Waals surface area contributed by atoms with E-state index in [0.29, 0.717) is 19.3 Å². The summed E-state index contributed by atoms with van der Waals surface area (Å²) in [6.07, 6.45) is 3.80. The molecule has 1 aliphatic carbocycles. The van der Waals surface area contributed by atoms with Gasteiger partial charge < -0.3 is 10.4 Å². The van der Waals surface area contributed by atoms with E-state index in [1.54, 1.807) is 24.3 Å². The van der Waals surface area contributed by atoms with Crippen molar-refractivity contribution in [3.63, 3.8) is 0 Å². The number of anilines is 1. The highest BCUT2D eigenvalue weighted by molar-refractivity contribution is 5.91. The number of hydrogen-bond acceptors (Lipinski definition) is 2. The van der Waals surface area contributed by atoms with Crippen LogP contribution in [0.3, 0.4) is 0 Å². The van der Waals surface area contributed by atoms with E-state index in [-0.39, 0.29) is 5.91 Å². The summed E-state index contributed by atoms with van der Waals surface area (Å²) in [6.45, 7) is 2.04. The maximum absolute atomic E-state index is 11.6. The number of unbranched alkanes of at least 4 members (excludes halogenated alkanes) is 1. The number of hydrogen-bond donors (Lipinski definition) is 2. The number of carboxylic acids is 1. The molecule has 1 saturated carbocycles. The Labute approximate surface area is 112 Å². The monoisotopic (exact) mass is 261 g/mol. The first-order valence-electron chi connectivity index (χ1n) is 6.72. The Balaban J connectivity index is 1.99. The Bertz CT molecular complexity index is 475. The molecule has 0 atom stereocenters. The molecule has 0 bridgehead atoms. The van der Waals surface area contributed by atoms with Gasteiger partial charge in [0, 0.05) is 12.1 Å².